The van der Waals surface area contributed by atoms with Gasteiger partial charge in [-0.2, -0.15) is 5.10 Å². The first kappa shape index (κ1) is 20.3. The Hall–Kier alpha value is -2.43. The van der Waals surface area contributed by atoms with Crippen LogP contribution in [0.15, 0.2) is 24.3 Å². The Kier molecular flexibility index (Phi) is 6.32. The maximum Gasteiger partial charge on any atom is 0.323 e. The number of ether oxygens (including phenoxy) is 3. The van der Waals surface area contributed by atoms with Crippen molar-refractivity contribution in [2.45, 2.75) is 31.8 Å². The van der Waals surface area contributed by atoms with Crippen LogP contribution in [0.3, 0.4) is 0 Å². The molecular formula is C18H24N4O5S. The fraction of sp³-hybridized carbons (Fsp3) is 0.500. The Bertz CT molecular complexity index is 879. The number of rotatable bonds is 7. The van der Waals surface area contributed by atoms with E-state index in [1.807, 2.05) is 36.2 Å². The number of carbonyl (C=O) groups is 1. The van der Waals surface area contributed by atoms with Crippen LogP contribution in [0.4, 0.5) is 0 Å². The molecule has 10 heteroatoms. The molecule has 0 amide bonds. The molecule has 1 N–H and O–H groups in total. The molecule has 0 saturated carbocycles. The lowest BCUT2D eigenvalue weighted by atomic mass is 10.2. The second-order valence-corrected chi connectivity index (χ2v) is 6.93. The third kappa shape index (κ3) is 4.34. The van der Waals surface area contributed by atoms with E-state index in [1.54, 1.807) is 16.4 Å². The van der Waals surface area contributed by atoms with Gasteiger partial charge in [0.25, 0.3) is 0 Å². The van der Waals surface area contributed by atoms with Gasteiger partial charge in [-0.1, -0.05) is 0 Å². The highest BCUT2D eigenvalue weighted by molar-refractivity contribution is 7.71. The Labute approximate surface area is 168 Å². The first-order chi connectivity index (χ1) is 13.4. The number of β-amino-alcohol motifs (C(OH)–C–C–N with tert-alkyl or cyclic N) is 1. The third-order valence-electron chi connectivity index (χ3n) is 4.73. The molecule has 0 bridgehead atoms. The summed E-state index contributed by atoms with van der Waals surface area (Å²) in [6, 6.07) is 6.76. The number of nitrogens with zero attached hydrogens (tertiary/aromatic N) is 4. The number of esters is 1. The van der Waals surface area contributed by atoms with Gasteiger partial charge in [0.05, 0.1) is 27.0 Å². The van der Waals surface area contributed by atoms with Crippen LogP contribution < -0.4 is 9.47 Å². The topological polar surface area (TPSA) is 91.0 Å². The minimum Gasteiger partial charge on any atom is -0.497 e. The zero-order valence-corrected chi connectivity index (χ0v) is 16.9. The second-order valence-electron chi connectivity index (χ2n) is 6.56. The normalized spacial score (nSPS) is 19.6. The van der Waals surface area contributed by atoms with Gasteiger partial charge >= 0.3 is 5.97 Å². The number of likely N-dealkylation sites (tertiary alicyclic amines) is 1. The molecule has 1 aromatic carbocycles. The van der Waals surface area contributed by atoms with E-state index in [0.717, 1.165) is 5.75 Å². The first-order valence-electron chi connectivity index (χ1n) is 8.82. The average molecular weight is 408 g/mol. The summed E-state index contributed by atoms with van der Waals surface area (Å²) in [5.41, 5.74) is 0. The van der Waals surface area contributed by atoms with Crippen LogP contribution in [0.5, 0.6) is 11.5 Å². The van der Waals surface area contributed by atoms with E-state index in [4.69, 9.17) is 26.4 Å². The lowest BCUT2D eigenvalue weighted by molar-refractivity contribution is -0.146. The maximum atomic E-state index is 12.0. The van der Waals surface area contributed by atoms with Gasteiger partial charge in [0.15, 0.2) is 10.6 Å². The summed E-state index contributed by atoms with van der Waals surface area (Å²) in [6.07, 6.45) is -0.250. The second kappa shape index (κ2) is 8.72. The molecule has 0 spiro atoms. The molecule has 9 nitrogen and oxygen atoms in total. The van der Waals surface area contributed by atoms with Crippen molar-refractivity contribution in [3.63, 3.8) is 0 Å². The van der Waals surface area contributed by atoms with Gasteiger partial charge in [0.2, 0.25) is 0 Å². The van der Waals surface area contributed by atoms with E-state index in [2.05, 4.69) is 5.10 Å². The van der Waals surface area contributed by atoms with E-state index >= 15 is 0 Å². The Morgan fingerprint density at radius 3 is 2.61 bits per heavy atom. The number of aliphatic hydroxyl groups excluding tert-OH is 1. The number of hydrogen-bond acceptors (Lipinski definition) is 8. The number of methoxy groups -OCH3 is 2. The van der Waals surface area contributed by atoms with E-state index in [-0.39, 0.29) is 19.2 Å². The lowest BCUT2D eigenvalue weighted by Gasteiger charge is -2.21. The molecule has 28 heavy (non-hydrogen) atoms. The molecule has 3 rings (SSSR count). The predicted octanol–water partition coefficient (Wildman–Crippen LogP) is 1.10. The van der Waals surface area contributed by atoms with Gasteiger partial charge in [0.1, 0.15) is 24.1 Å². The molecule has 152 valence electrons. The van der Waals surface area contributed by atoms with Crippen molar-refractivity contribution < 1.29 is 24.1 Å². The largest absolute Gasteiger partial charge is 0.497 e. The zero-order chi connectivity index (χ0) is 20.3. The Balaban J connectivity index is 1.70. The van der Waals surface area contributed by atoms with Crippen LogP contribution >= 0.6 is 12.2 Å². The van der Waals surface area contributed by atoms with Crippen molar-refractivity contribution in [2.24, 2.45) is 7.05 Å². The quantitative estimate of drug-likeness (QED) is 0.538. The van der Waals surface area contributed by atoms with Crippen LogP contribution in [-0.4, -0.2) is 63.2 Å². The van der Waals surface area contributed by atoms with Crippen molar-refractivity contribution >= 4 is 18.2 Å². The Morgan fingerprint density at radius 2 is 1.96 bits per heavy atom. The molecule has 1 aliphatic rings. The fourth-order valence-electron chi connectivity index (χ4n) is 3.16. The Morgan fingerprint density at radius 1 is 1.29 bits per heavy atom. The first-order valence-corrected chi connectivity index (χ1v) is 9.23. The number of benzene rings is 1. The molecule has 0 unspecified atom stereocenters. The highest BCUT2D eigenvalue weighted by Crippen LogP contribution is 2.21. The van der Waals surface area contributed by atoms with Crippen molar-refractivity contribution in [3.05, 3.63) is 34.9 Å². The van der Waals surface area contributed by atoms with E-state index in [9.17, 15) is 9.90 Å². The highest BCUT2D eigenvalue weighted by atomic mass is 32.1. The van der Waals surface area contributed by atoms with Gasteiger partial charge in [-0.3, -0.25) is 9.69 Å². The summed E-state index contributed by atoms with van der Waals surface area (Å²) in [4.78, 5) is 13.8. The molecule has 2 heterocycles. The van der Waals surface area contributed by atoms with Crippen LogP contribution in [0.2, 0.25) is 0 Å². The van der Waals surface area contributed by atoms with Gasteiger partial charge in [-0.15, -0.1) is 0 Å². The molecule has 1 aliphatic heterocycles. The number of aliphatic hydroxyl groups is 1. The van der Waals surface area contributed by atoms with Gasteiger partial charge in [-0.25, -0.2) is 4.68 Å². The fourth-order valence-corrected chi connectivity index (χ4v) is 3.36. The minimum absolute atomic E-state index is 0.239. The van der Waals surface area contributed by atoms with Crippen LogP contribution in [0.25, 0.3) is 0 Å². The van der Waals surface area contributed by atoms with Crippen molar-refractivity contribution in [3.8, 4) is 11.5 Å². The summed E-state index contributed by atoms with van der Waals surface area (Å²) < 4.78 is 19.6. The van der Waals surface area contributed by atoms with Crippen LogP contribution in [-0.2, 0) is 29.9 Å². The molecule has 2 aromatic rings. The third-order valence-corrected chi connectivity index (χ3v) is 5.21. The van der Waals surface area contributed by atoms with Gasteiger partial charge in [-0.05, 0) is 36.5 Å². The molecule has 1 saturated heterocycles. The summed E-state index contributed by atoms with van der Waals surface area (Å²) in [5, 5.41) is 14.4. The standard InChI is InChI=1S/C18H24N4O5S/c1-20-16(10-27-14-6-4-13(25-2)5-7-14)19-22(18(20)28)11-21-9-12(23)8-15(21)17(24)26-3/h4-7,12,15,23H,8-11H2,1-3H3/t12-,15-/m0/s1. The summed E-state index contributed by atoms with van der Waals surface area (Å²) in [7, 11) is 4.76. The average Bonchev–Trinajstić information content (AvgIpc) is 3.20. The molecule has 0 radical (unpaired) electrons. The minimum atomic E-state index is -0.583. The smallest absolute Gasteiger partial charge is 0.323 e. The highest BCUT2D eigenvalue weighted by Gasteiger charge is 2.37. The number of hydrogen-bond donors (Lipinski definition) is 1. The van der Waals surface area contributed by atoms with E-state index in [0.29, 0.717) is 29.3 Å². The van der Waals surface area contributed by atoms with Gasteiger partial charge < -0.3 is 23.9 Å². The van der Waals surface area contributed by atoms with E-state index < -0.39 is 12.1 Å². The summed E-state index contributed by atoms with van der Waals surface area (Å²) >= 11 is 5.46. The zero-order valence-electron chi connectivity index (χ0n) is 16.1. The lowest BCUT2D eigenvalue weighted by Crippen LogP contribution is -2.38. The van der Waals surface area contributed by atoms with Gasteiger partial charge in [0, 0.05) is 20.0 Å². The molecular weight excluding hydrogens is 384 g/mol. The predicted molar refractivity (Wildman–Crippen MR) is 102 cm³/mol. The molecule has 1 fully saturated rings. The van der Waals surface area contributed by atoms with Crippen molar-refractivity contribution in [2.75, 3.05) is 20.8 Å². The summed E-state index contributed by atoms with van der Waals surface area (Å²) in [5.74, 6) is 1.72. The van der Waals surface area contributed by atoms with Crippen LogP contribution in [0.1, 0.15) is 12.2 Å². The SMILES string of the molecule is COC(=O)[C@@H]1C[C@H](O)CN1Cn1nc(COc2ccc(OC)cc2)n(C)c1=S. The molecule has 1 aromatic heterocycles. The monoisotopic (exact) mass is 408 g/mol. The molecule has 0 aliphatic carbocycles. The van der Waals surface area contributed by atoms with Crippen LogP contribution in [0, 0.1) is 4.77 Å². The van der Waals surface area contributed by atoms with E-state index in [1.165, 1.54) is 7.11 Å². The number of aromatic nitrogens is 3. The maximum absolute atomic E-state index is 12.0. The van der Waals surface area contributed by atoms with Crippen molar-refractivity contribution in [1.29, 1.82) is 0 Å². The van der Waals surface area contributed by atoms with Crippen molar-refractivity contribution in [1.82, 2.24) is 19.2 Å². The summed E-state index contributed by atoms with van der Waals surface area (Å²) in [6.45, 7) is 0.879. The molecule has 2 atom stereocenters. The number of carbonyl (C=O) groups excluding carboxylic acids is 1.